The Hall–Kier alpha value is -1.71. The first-order valence-electron chi connectivity index (χ1n) is 4.34. The SMILES string of the molecule is Cc1ccc(C#N)cc1OCC(Cl)C#N. The fourth-order valence-corrected chi connectivity index (χ4v) is 1.09. The van der Waals surface area contributed by atoms with Crippen molar-refractivity contribution in [3.8, 4) is 17.9 Å². The lowest BCUT2D eigenvalue weighted by Gasteiger charge is -2.09. The molecule has 76 valence electrons. The number of alkyl halides is 1. The van der Waals surface area contributed by atoms with Crippen LogP contribution in [0.15, 0.2) is 18.2 Å². The summed E-state index contributed by atoms with van der Waals surface area (Å²) >= 11 is 5.59. The van der Waals surface area contributed by atoms with E-state index in [0.29, 0.717) is 11.3 Å². The first-order valence-corrected chi connectivity index (χ1v) is 4.78. The van der Waals surface area contributed by atoms with Crippen LogP contribution < -0.4 is 4.74 Å². The van der Waals surface area contributed by atoms with E-state index < -0.39 is 5.38 Å². The molecule has 1 rings (SSSR count). The molecule has 0 aliphatic rings. The second-order valence-corrected chi connectivity index (χ2v) is 3.53. The number of hydrogen-bond donors (Lipinski definition) is 0. The molecule has 1 aromatic rings. The molecule has 0 aromatic heterocycles. The zero-order chi connectivity index (χ0) is 11.3. The number of ether oxygens (including phenoxy) is 1. The predicted octanol–water partition coefficient (Wildman–Crippen LogP) is 2.38. The third-order valence-corrected chi connectivity index (χ3v) is 2.07. The van der Waals surface area contributed by atoms with Crippen molar-refractivity contribution in [2.24, 2.45) is 0 Å². The maximum absolute atomic E-state index is 8.69. The minimum absolute atomic E-state index is 0.119. The van der Waals surface area contributed by atoms with E-state index in [2.05, 4.69) is 0 Å². The van der Waals surface area contributed by atoms with Crippen molar-refractivity contribution < 1.29 is 4.74 Å². The molecular formula is C11H9ClN2O. The van der Waals surface area contributed by atoms with Gasteiger partial charge in [-0.15, -0.1) is 11.6 Å². The Bertz CT molecular complexity index is 431. The van der Waals surface area contributed by atoms with Gasteiger partial charge in [-0.3, -0.25) is 0 Å². The molecule has 0 saturated carbocycles. The highest BCUT2D eigenvalue weighted by molar-refractivity contribution is 6.22. The van der Waals surface area contributed by atoms with Crippen LogP contribution in [0.2, 0.25) is 0 Å². The molecule has 0 heterocycles. The molecule has 15 heavy (non-hydrogen) atoms. The highest BCUT2D eigenvalue weighted by atomic mass is 35.5. The molecule has 0 aliphatic heterocycles. The van der Waals surface area contributed by atoms with Crippen molar-refractivity contribution in [2.75, 3.05) is 6.61 Å². The summed E-state index contributed by atoms with van der Waals surface area (Å²) in [5.41, 5.74) is 1.44. The second-order valence-electron chi connectivity index (χ2n) is 3.00. The summed E-state index contributed by atoms with van der Waals surface area (Å²) in [7, 11) is 0. The normalized spacial score (nSPS) is 11.2. The summed E-state index contributed by atoms with van der Waals surface area (Å²) in [5.74, 6) is 0.593. The molecule has 0 spiro atoms. The van der Waals surface area contributed by atoms with Gasteiger partial charge in [0.1, 0.15) is 12.4 Å². The van der Waals surface area contributed by atoms with E-state index in [1.165, 1.54) is 0 Å². The fraction of sp³-hybridized carbons (Fsp3) is 0.273. The van der Waals surface area contributed by atoms with Gasteiger partial charge < -0.3 is 4.74 Å². The fourth-order valence-electron chi connectivity index (χ4n) is 1.03. The number of hydrogen-bond acceptors (Lipinski definition) is 3. The van der Waals surface area contributed by atoms with E-state index in [4.69, 9.17) is 26.9 Å². The monoisotopic (exact) mass is 220 g/mol. The first-order chi connectivity index (χ1) is 7.17. The predicted molar refractivity (Wildman–Crippen MR) is 56.6 cm³/mol. The number of benzene rings is 1. The van der Waals surface area contributed by atoms with Gasteiger partial charge in [0.15, 0.2) is 5.38 Å². The van der Waals surface area contributed by atoms with Gasteiger partial charge in [-0.25, -0.2) is 0 Å². The Morgan fingerprint density at radius 3 is 2.80 bits per heavy atom. The number of rotatable bonds is 3. The molecule has 1 unspecified atom stereocenters. The lowest BCUT2D eigenvalue weighted by Crippen LogP contribution is -2.09. The molecule has 0 N–H and O–H groups in total. The summed E-state index contributed by atoms with van der Waals surface area (Å²) in [5, 5.41) is 16.5. The van der Waals surface area contributed by atoms with Gasteiger partial charge in [0.25, 0.3) is 0 Å². The van der Waals surface area contributed by atoms with E-state index in [1.54, 1.807) is 18.2 Å². The molecule has 0 fully saturated rings. The van der Waals surface area contributed by atoms with Crippen molar-refractivity contribution in [3.63, 3.8) is 0 Å². The minimum Gasteiger partial charge on any atom is -0.491 e. The topological polar surface area (TPSA) is 56.8 Å². The Kier molecular flexibility index (Phi) is 3.97. The molecule has 0 saturated heterocycles. The number of nitriles is 2. The van der Waals surface area contributed by atoms with Crippen LogP contribution in [0.4, 0.5) is 0 Å². The van der Waals surface area contributed by atoms with Crippen LogP contribution in [0.3, 0.4) is 0 Å². The molecule has 4 heteroatoms. The summed E-state index contributed by atoms with van der Waals surface area (Å²) in [6, 6.07) is 9.02. The van der Waals surface area contributed by atoms with E-state index in [9.17, 15) is 0 Å². The zero-order valence-corrected chi connectivity index (χ0v) is 8.95. The van der Waals surface area contributed by atoms with E-state index in [1.807, 2.05) is 19.1 Å². The molecule has 0 aliphatic carbocycles. The molecule has 1 atom stereocenters. The third kappa shape index (κ3) is 3.16. The van der Waals surface area contributed by atoms with Gasteiger partial charge in [0, 0.05) is 0 Å². The average Bonchev–Trinajstić information content (AvgIpc) is 2.27. The molecule has 1 aromatic carbocycles. The Morgan fingerprint density at radius 1 is 1.47 bits per heavy atom. The smallest absolute Gasteiger partial charge is 0.154 e. The summed E-state index contributed by atoms with van der Waals surface area (Å²) < 4.78 is 5.33. The number of nitrogens with zero attached hydrogens (tertiary/aromatic N) is 2. The summed E-state index contributed by atoms with van der Waals surface area (Å²) in [6.45, 7) is 1.99. The second kappa shape index (κ2) is 5.24. The van der Waals surface area contributed by atoms with Gasteiger partial charge in [-0.05, 0) is 24.6 Å². The quantitative estimate of drug-likeness (QED) is 0.735. The minimum atomic E-state index is -0.671. The average molecular weight is 221 g/mol. The van der Waals surface area contributed by atoms with Crippen molar-refractivity contribution in [3.05, 3.63) is 29.3 Å². The summed E-state index contributed by atoms with van der Waals surface area (Å²) in [4.78, 5) is 0. The van der Waals surface area contributed by atoms with Crippen molar-refractivity contribution in [1.82, 2.24) is 0 Å². The van der Waals surface area contributed by atoms with Gasteiger partial charge in [0.05, 0.1) is 17.7 Å². The molecule has 0 radical (unpaired) electrons. The van der Waals surface area contributed by atoms with Crippen LogP contribution in [0.5, 0.6) is 5.75 Å². The van der Waals surface area contributed by atoms with E-state index >= 15 is 0 Å². The molecule has 3 nitrogen and oxygen atoms in total. The van der Waals surface area contributed by atoms with Gasteiger partial charge in [-0.1, -0.05) is 6.07 Å². The van der Waals surface area contributed by atoms with E-state index in [-0.39, 0.29) is 6.61 Å². The molecular weight excluding hydrogens is 212 g/mol. The van der Waals surface area contributed by atoms with Crippen LogP contribution in [0, 0.1) is 29.6 Å². The van der Waals surface area contributed by atoms with Gasteiger partial charge >= 0.3 is 0 Å². The Balaban J connectivity index is 2.77. The highest BCUT2D eigenvalue weighted by Crippen LogP contribution is 2.19. The first kappa shape index (κ1) is 11.4. The van der Waals surface area contributed by atoms with Gasteiger partial charge in [-0.2, -0.15) is 10.5 Å². The van der Waals surface area contributed by atoms with Crippen molar-refractivity contribution in [1.29, 1.82) is 10.5 Å². The van der Waals surface area contributed by atoms with Gasteiger partial charge in [0.2, 0.25) is 0 Å². The largest absolute Gasteiger partial charge is 0.491 e. The van der Waals surface area contributed by atoms with Crippen molar-refractivity contribution in [2.45, 2.75) is 12.3 Å². The standard InChI is InChI=1S/C11H9ClN2O/c1-8-2-3-9(5-13)4-11(8)15-7-10(12)6-14/h2-4,10H,7H2,1H3. The van der Waals surface area contributed by atoms with Crippen LogP contribution in [0.25, 0.3) is 0 Å². The number of halogens is 1. The van der Waals surface area contributed by atoms with Crippen molar-refractivity contribution >= 4 is 11.6 Å². The maximum Gasteiger partial charge on any atom is 0.154 e. The summed E-state index contributed by atoms with van der Waals surface area (Å²) in [6.07, 6.45) is 0. The Morgan fingerprint density at radius 2 is 2.20 bits per heavy atom. The molecule has 0 bridgehead atoms. The van der Waals surface area contributed by atoms with Crippen LogP contribution >= 0.6 is 11.6 Å². The van der Waals surface area contributed by atoms with E-state index in [0.717, 1.165) is 5.56 Å². The maximum atomic E-state index is 8.69. The van der Waals surface area contributed by atoms with Crippen LogP contribution in [-0.4, -0.2) is 12.0 Å². The third-order valence-electron chi connectivity index (χ3n) is 1.84. The molecule has 0 amide bonds. The van der Waals surface area contributed by atoms with Crippen LogP contribution in [0.1, 0.15) is 11.1 Å². The highest BCUT2D eigenvalue weighted by Gasteiger charge is 2.06. The lowest BCUT2D eigenvalue weighted by atomic mass is 10.1. The number of aryl methyl sites for hydroxylation is 1. The zero-order valence-electron chi connectivity index (χ0n) is 8.20. The lowest BCUT2D eigenvalue weighted by molar-refractivity contribution is 0.326. The Labute approximate surface area is 93.5 Å². The van der Waals surface area contributed by atoms with Crippen LogP contribution in [-0.2, 0) is 0 Å².